The molecule has 0 spiro atoms. The average molecular weight is 440 g/mol. The fourth-order valence-electron chi connectivity index (χ4n) is 3.21. The number of para-hydroxylation sites is 1. The monoisotopic (exact) mass is 440 g/mol. The third-order valence-corrected chi connectivity index (χ3v) is 4.76. The average Bonchev–Trinajstić information content (AvgIpc) is 2.67. The number of thiocarbonyl (C=S) groups is 1. The number of carbonyl (C=O) groups is 1. The highest BCUT2D eigenvalue weighted by Crippen LogP contribution is 2.43. The first kappa shape index (κ1) is 21.8. The molecule has 0 unspecified atom stereocenters. The lowest BCUT2D eigenvalue weighted by Gasteiger charge is -2.45. The number of ether oxygens (including phenoxy) is 2. The van der Waals surface area contributed by atoms with E-state index < -0.39 is 34.9 Å². The van der Waals surface area contributed by atoms with Crippen molar-refractivity contribution in [1.82, 2.24) is 10.6 Å². The summed E-state index contributed by atoms with van der Waals surface area (Å²) < 4.78 is 51.9. The van der Waals surface area contributed by atoms with Crippen LogP contribution in [0.15, 0.2) is 54.6 Å². The van der Waals surface area contributed by atoms with Crippen LogP contribution in [0.3, 0.4) is 0 Å². The normalized spacial score (nSPS) is 23.8. The molecule has 160 valence electrons. The lowest BCUT2D eigenvalue weighted by atomic mass is 9.82. The molecule has 2 aromatic rings. The fourth-order valence-corrected chi connectivity index (χ4v) is 3.49. The Morgan fingerprint density at radius 1 is 1.17 bits per heavy atom. The third kappa shape index (κ3) is 4.34. The molecule has 2 aromatic carbocycles. The summed E-state index contributed by atoms with van der Waals surface area (Å²) in [6, 6.07) is 13.6. The molecule has 1 aliphatic rings. The van der Waals surface area contributed by atoms with Gasteiger partial charge in [-0.3, -0.25) is 4.79 Å². The molecule has 3 N–H and O–H groups in total. The van der Waals surface area contributed by atoms with Gasteiger partial charge in [-0.2, -0.15) is 13.2 Å². The van der Waals surface area contributed by atoms with Gasteiger partial charge in [-0.1, -0.05) is 30.3 Å². The van der Waals surface area contributed by atoms with Gasteiger partial charge in [0.1, 0.15) is 17.4 Å². The number of benzene rings is 2. The van der Waals surface area contributed by atoms with E-state index in [0.717, 1.165) is 0 Å². The first-order valence-electron chi connectivity index (χ1n) is 9.03. The minimum atomic E-state index is -5.20. The van der Waals surface area contributed by atoms with Crippen LogP contribution in [0.25, 0.3) is 0 Å². The van der Waals surface area contributed by atoms with Crippen molar-refractivity contribution < 1.29 is 32.5 Å². The van der Waals surface area contributed by atoms with E-state index in [1.54, 1.807) is 41.7 Å². The van der Waals surface area contributed by atoms with E-state index in [-0.39, 0.29) is 12.2 Å². The molecule has 1 aliphatic heterocycles. The molecule has 3 rings (SSSR count). The van der Waals surface area contributed by atoms with Crippen LogP contribution in [-0.2, 0) is 9.53 Å². The van der Waals surface area contributed by atoms with Crippen molar-refractivity contribution in [1.29, 1.82) is 0 Å². The number of halogens is 3. The second-order valence-electron chi connectivity index (χ2n) is 6.56. The molecule has 30 heavy (non-hydrogen) atoms. The predicted molar refractivity (Wildman–Crippen MR) is 106 cm³/mol. The predicted octanol–water partition coefficient (Wildman–Crippen LogP) is 3.43. The zero-order chi connectivity index (χ0) is 21.9. The van der Waals surface area contributed by atoms with Crippen LogP contribution in [0.5, 0.6) is 11.5 Å². The standard InChI is InChI=1S/C20H19F3N2O4S/c1-2-28-17(26)15-16(24-18(30)25-19(15,27)20(21,22)23)12-7-6-10-14(11-12)29-13-8-4-3-5-9-13/h3-11,15-16,27H,2H2,1H3,(H2,24,25,30)/t15-,16-,19+/m0/s1. The van der Waals surface area contributed by atoms with E-state index in [1.807, 2.05) is 6.07 Å². The van der Waals surface area contributed by atoms with Crippen molar-refractivity contribution in [3.8, 4) is 11.5 Å². The van der Waals surface area contributed by atoms with Crippen LogP contribution >= 0.6 is 12.2 Å². The van der Waals surface area contributed by atoms with Crippen LogP contribution in [-0.4, -0.2) is 34.7 Å². The molecule has 0 aromatic heterocycles. The van der Waals surface area contributed by atoms with Crippen molar-refractivity contribution in [3.63, 3.8) is 0 Å². The van der Waals surface area contributed by atoms with Crippen molar-refractivity contribution in [2.45, 2.75) is 24.9 Å². The molecular weight excluding hydrogens is 421 g/mol. The van der Waals surface area contributed by atoms with Gasteiger partial charge in [-0.15, -0.1) is 0 Å². The minimum absolute atomic E-state index is 0.155. The molecule has 0 radical (unpaired) electrons. The number of hydrogen-bond acceptors (Lipinski definition) is 5. The van der Waals surface area contributed by atoms with Crippen molar-refractivity contribution >= 4 is 23.3 Å². The SMILES string of the molecule is CCOC(=O)[C@@H]1[C@H](c2cccc(Oc3ccccc3)c2)NC(=S)N[C@]1(O)C(F)(F)F. The molecule has 10 heteroatoms. The Kier molecular flexibility index (Phi) is 6.18. The third-order valence-electron chi connectivity index (χ3n) is 4.54. The maximum absolute atomic E-state index is 13.8. The Labute approximate surface area is 176 Å². The smallest absolute Gasteiger partial charge is 0.437 e. The lowest BCUT2D eigenvalue weighted by molar-refractivity contribution is -0.292. The number of nitrogens with one attached hydrogen (secondary N) is 2. The van der Waals surface area contributed by atoms with Gasteiger partial charge in [0.05, 0.1) is 12.6 Å². The number of carbonyl (C=O) groups excluding carboxylic acids is 1. The van der Waals surface area contributed by atoms with E-state index in [2.05, 4.69) is 5.32 Å². The number of hydrogen-bond donors (Lipinski definition) is 3. The summed E-state index contributed by atoms with van der Waals surface area (Å²) in [6.45, 7) is 1.31. The Morgan fingerprint density at radius 3 is 2.47 bits per heavy atom. The van der Waals surface area contributed by atoms with Crippen LogP contribution in [0, 0.1) is 5.92 Å². The largest absolute Gasteiger partial charge is 0.466 e. The van der Waals surface area contributed by atoms with Gasteiger partial charge in [0.2, 0.25) is 0 Å². The molecular formula is C20H19F3N2O4S. The molecule has 1 saturated heterocycles. The van der Waals surface area contributed by atoms with Crippen LogP contribution < -0.4 is 15.4 Å². The van der Waals surface area contributed by atoms with Crippen molar-refractivity contribution in [3.05, 3.63) is 60.2 Å². The maximum Gasteiger partial charge on any atom is 0.437 e. The Balaban J connectivity index is 2.02. The van der Waals surface area contributed by atoms with Crippen molar-refractivity contribution in [2.24, 2.45) is 5.92 Å². The summed E-state index contributed by atoms with van der Waals surface area (Å²) in [7, 11) is 0. The van der Waals surface area contributed by atoms with Crippen molar-refractivity contribution in [2.75, 3.05) is 6.61 Å². The zero-order valence-electron chi connectivity index (χ0n) is 15.8. The molecule has 0 bridgehead atoms. The Morgan fingerprint density at radius 2 is 1.83 bits per heavy atom. The fraction of sp³-hybridized carbons (Fsp3) is 0.300. The first-order valence-corrected chi connectivity index (χ1v) is 9.44. The van der Waals surface area contributed by atoms with Gasteiger partial charge in [0.15, 0.2) is 5.11 Å². The highest BCUT2D eigenvalue weighted by molar-refractivity contribution is 7.80. The van der Waals surface area contributed by atoms with Gasteiger partial charge in [0.25, 0.3) is 5.72 Å². The molecule has 0 amide bonds. The van der Waals surface area contributed by atoms with Gasteiger partial charge >= 0.3 is 12.1 Å². The number of esters is 1. The first-order chi connectivity index (χ1) is 14.2. The zero-order valence-corrected chi connectivity index (χ0v) is 16.6. The molecule has 3 atom stereocenters. The highest BCUT2D eigenvalue weighted by atomic mass is 32.1. The highest BCUT2D eigenvalue weighted by Gasteiger charge is 2.66. The second-order valence-corrected chi connectivity index (χ2v) is 6.97. The Bertz CT molecular complexity index is 926. The lowest BCUT2D eigenvalue weighted by Crippen LogP contribution is -2.73. The van der Waals surface area contributed by atoms with Gasteiger partial charge < -0.3 is 25.2 Å². The summed E-state index contributed by atoms with van der Waals surface area (Å²) in [6.07, 6.45) is -5.20. The number of rotatable bonds is 5. The summed E-state index contributed by atoms with van der Waals surface area (Å²) in [5, 5.41) is 14.5. The second kappa shape index (κ2) is 8.49. The van der Waals surface area contributed by atoms with E-state index in [1.165, 1.54) is 19.1 Å². The van der Waals surface area contributed by atoms with Gasteiger partial charge in [0, 0.05) is 0 Å². The number of aliphatic hydroxyl groups is 1. The molecule has 6 nitrogen and oxygen atoms in total. The molecule has 1 fully saturated rings. The van der Waals surface area contributed by atoms with E-state index in [9.17, 15) is 23.1 Å². The Hall–Kier alpha value is -2.85. The summed E-state index contributed by atoms with van der Waals surface area (Å²) in [5.74, 6) is -2.42. The summed E-state index contributed by atoms with van der Waals surface area (Å²) in [4.78, 5) is 12.5. The minimum Gasteiger partial charge on any atom is -0.466 e. The topological polar surface area (TPSA) is 79.8 Å². The molecule has 0 saturated carbocycles. The van der Waals surface area contributed by atoms with Crippen LogP contribution in [0.4, 0.5) is 13.2 Å². The van der Waals surface area contributed by atoms with E-state index >= 15 is 0 Å². The maximum atomic E-state index is 13.8. The van der Waals surface area contributed by atoms with Gasteiger partial charge in [-0.05, 0) is 49.0 Å². The number of alkyl halides is 3. The molecule has 1 heterocycles. The quantitative estimate of drug-likeness (QED) is 0.486. The van der Waals surface area contributed by atoms with E-state index in [0.29, 0.717) is 11.5 Å². The summed E-state index contributed by atoms with van der Waals surface area (Å²) in [5.41, 5.74) is -3.35. The van der Waals surface area contributed by atoms with E-state index in [4.69, 9.17) is 21.7 Å². The van der Waals surface area contributed by atoms with Crippen LogP contribution in [0.2, 0.25) is 0 Å². The summed E-state index contributed by atoms with van der Waals surface area (Å²) >= 11 is 4.88. The van der Waals surface area contributed by atoms with Gasteiger partial charge in [-0.25, -0.2) is 0 Å². The molecule has 0 aliphatic carbocycles. The van der Waals surface area contributed by atoms with Crippen LogP contribution in [0.1, 0.15) is 18.5 Å².